The Labute approximate surface area is 95.3 Å². The van der Waals surface area contributed by atoms with Gasteiger partial charge in [-0.15, -0.1) is 0 Å². The van der Waals surface area contributed by atoms with E-state index in [0.29, 0.717) is 0 Å². The zero-order valence-electron chi connectivity index (χ0n) is 9.59. The summed E-state index contributed by atoms with van der Waals surface area (Å²) in [7, 11) is 1.95. The lowest BCUT2D eigenvalue weighted by atomic mass is 10.1. The molecule has 0 aliphatic heterocycles. The molecular weight excluding hydrogens is 200 g/mol. The largest absolute Gasteiger partial charge is 0.308 e. The molecule has 2 aromatic rings. The van der Waals surface area contributed by atoms with E-state index in [2.05, 4.69) is 28.4 Å². The average Bonchev–Trinajstić information content (AvgIpc) is 2.80. The van der Waals surface area contributed by atoms with Gasteiger partial charge in [-0.1, -0.05) is 6.07 Å². The first-order valence-electron chi connectivity index (χ1n) is 5.45. The summed E-state index contributed by atoms with van der Waals surface area (Å²) in [4.78, 5) is 4.15. The monoisotopic (exact) mass is 216 g/mol. The van der Waals surface area contributed by atoms with E-state index in [9.17, 15) is 0 Å². The van der Waals surface area contributed by atoms with E-state index in [4.69, 9.17) is 0 Å². The minimum atomic E-state index is 0.149. The van der Waals surface area contributed by atoms with Crippen molar-refractivity contribution in [2.75, 3.05) is 7.05 Å². The third-order valence-corrected chi connectivity index (χ3v) is 2.65. The molecule has 2 rings (SSSR count). The Morgan fingerprint density at radius 1 is 1.38 bits per heavy atom. The number of rotatable bonds is 4. The first kappa shape index (κ1) is 10.8. The molecule has 0 aromatic carbocycles. The molecule has 0 radical (unpaired) electrons. The van der Waals surface area contributed by atoms with Gasteiger partial charge in [0, 0.05) is 25.1 Å². The Kier molecular flexibility index (Phi) is 3.31. The van der Waals surface area contributed by atoms with Gasteiger partial charge in [-0.3, -0.25) is 9.67 Å². The third kappa shape index (κ3) is 1.97. The van der Waals surface area contributed by atoms with Crippen LogP contribution in [-0.2, 0) is 6.54 Å². The maximum Gasteiger partial charge on any atom is 0.0760 e. The van der Waals surface area contributed by atoms with Crippen molar-refractivity contribution in [3.8, 4) is 0 Å². The van der Waals surface area contributed by atoms with Crippen LogP contribution >= 0.6 is 0 Å². The Bertz CT molecular complexity index is 435. The zero-order valence-corrected chi connectivity index (χ0v) is 9.59. The van der Waals surface area contributed by atoms with Crippen LogP contribution in [0, 0.1) is 0 Å². The number of hydrogen-bond donors (Lipinski definition) is 1. The van der Waals surface area contributed by atoms with Crippen molar-refractivity contribution in [1.82, 2.24) is 20.1 Å². The van der Waals surface area contributed by atoms with Crippen LogP contribution in [0.1, 0.15) is 24.2 Å². The first-order chi connectivity index (χ1) is 7.86. The molecule has 4 nitrogen and oxygen atoms in total. The molecule has 16 heavy (non-hydrogen) atoms. The van der Waals surface area contributed by atoms with Gasteiger partial charge < -0.3 is 5.32 Å². The van der Waals surface area contributed by atoms with Crippen LogP contribution in [0.3, 0.4) is 0 Å². The summed E-state index contributed by atoms with van der Waals surface area (Å²) < 4.78 is 1.99. The fourth-order valence-corrected chi connectivity index (χ4v) is 1.88. The highest BCUT2D eigenvalue weighted by Crippen LogP contribution is 2.20. The lowest BCUT2D eigenvalue weighted by Crippen LogP contribution is -2.21. The maximum atomic E-state index is 4.29. The molecule has 4 heteroatoms. The van der Waals surface area contributed by atoms with Gasteiger partial charge >= 0.3 is 0 Å². The van der Waals surface area contributed by atoms with Crippen LogP contribution in [0.25, 0.3) is 0 Å². The van der Waals surface area contributed by atoms with E-state index >= 15 is 0 Å². The normalized spacial score (nSPS) is 12.6. The molecule has 1 N–H and O–H groups in total. The minimum Gasteiger partial charge on any atom is -0.308 e. The Hall–Kier alpha value is -1.68. The molecule has 1 atom stereocenters. The van der Waals surface area contributed by atoms with Crippen LogP contribution < -0.4 is 5.32 Å². The van der Waals surface area contributed by atoms with Gasteiger partial charge in [-0.2, -0.15) is 5.10 Å². The third-order valence-electron chi connectivity index (χ3n) is 2.65. The number of hydrogen-bond acceptors (Lipinski definition) is 3. The van der Waals surface area contributed by atoms with Gasteiger partial charge in [-0.25, -0.2) is 0 Å². The van der Waals surface area contributed by atoms with Gasteiger partial charge in [0.15, 0.2) is 0 Å². The highest BCUT2D eigenvalue weighted by atomic mass is 15.3. The molecule has 0 bridgehead atoms. The number of aryl methyl sites for hydroxylation is 1. The minimum absolute atomic E-state index is 0.149. The van der Waals surface area contributed by atoms with E-state index in [1.165, 1.54) is 0 Å². The molecule has 0 fully saturated rings. The molecule has 0 saturated heterocycles. The smallest absolute Gasteiger partial charge is 0.0760 e. The SMILES string of the molecule is CCn1nccc1C(NC)c1cccnc1. The number of nitrogens with one attached hydrogen (secondary N) is 1. The second-order valence-corrected chi connectivity index (χ2v) is 3.58. The summed E-state index contributed by atoms with van der Waals surface area (Å²) in [5.74, 6) is 0. The molecule has 0 spiro atoms. The average molecular weight is 216 g/mol. The molecule has 0 aliphatic carbocycles. The fourth-order valence-electron chi connectivity index (χ4n) is 1.88. The van der Waals surface area contributed by atoms with E-state index in [-0.39, 0.29) is 6.04 Å². The van der Waals surface area contributed by atoms with Crippen LogP contribution in [0.4, 0.5) is 0 Å². The van der Waals surface area contributed by atoms with E-state index in [1.54, 1.807) is 6.20 Å². The van der Waals surface area contributed by atoms with Gasteiger partial charge in [-0.05, 0) is 31.7 Å². The standard InChI is InChI=1S/C12H16N4/c1-3-16-11(6-8-15-16)12(13-2)10-5-4-7-14-9-10/h4-9,12-13H,3H2,1-2H3. The van der Waals surface area contributed by atoms with Crippen LogP contribution in [0.15, 0.2) is 36.8 Å². The van der Waals surface area contributed by atoms with E-state index in [0.717, 1.165) is 17.8 Å². The van der Waals surface area contributed by atoms with Crippen molar-refractivity contribution in [3.63, 3.8) is 0 Å². The molecular formula is C12H16N4. The molecule has 0 aliphatic rings. The topological polar surface area (TPSA) is 42.7 Å². The molecule has 1 unspecified atom stereocenters. The van der Waals surface area contributed by atoms with Gasteiger partial charge in [0.25, 0.3) is 0 Å². The van der Waals surface area contributed by atoms with Crippen molar-refractivity contribution < 1.29 is 0 Å². The molecule has 84 valence electrons. The number of pyridine rings is 1. The van der Waals surface area contributed by atoms with Crippen molar-refractivity contribution in [1.29, 1.82) is 0 Å². The first-order valence-corrected chi connectivity index (χ1v) is 5.45. The summed E-state index contributed by atoms with van der Waals surface area (Å²) in [5, 5.41) is 7.58. The van der Waals surface area contributed by atoms with Gasteiger partial charge in [0.05, 0.1) is 11.7 Å². The predicted molar refractivity (Wildman–Crippen MR) is 63.0 cm³/mol. The summed E-state index contributed by atoms with van der Waals surface area (Å²) in [5.41, 5.74) is 2.32. The summed E-state index contributed by atoms with van der Waals surface area (Å²) in [6.07, 6.45) is 5.50. The van der Waals surface area contributed by atoms with Crippen LogP contribution in [0.2, 0.25) is 0 Å². The molecule has 0 amide bonds. The van der Waals surface area contributed by atoms with E-state index < -0.39 is 0 Å². The zero-order chi connectivity index (χ0) is 11.4. The lowest BCUT2D eigenvalue weighted by Gasteiger charge is -2.17. The lowest BCUT2D eigenvalue weighted by molar-refractivity contribution is 0.562. The van der Waals surface area contributed by atoms with Crippen LogP contribution in [-0.4, -0.2) is 21.8 Å². The Morgan fingerprint density at radius 2 is 2.25 bits per heavy atom. The van der Waals surface area contributed by atoms with Crippen molar-refractivity contribution in [3.05, 3.63) is 48.0 Å². The van der Waals surface area contributed by atoms with Crippen molar-refractivity contribution in [2.45, 2.75) is 19.5 Å². The van der Waals surface area contributed by atoms with Crippen LogP contribution in [0.5, 0.6) is 0 Å². The van der Waals surface area contributed by atoms with Crippen molar-refractivity contribution in [2.24, 2.45) is 0 Å². The molecule has 2 heterocycles. The number of nitrogens with zero attached hydrogens (tertiary/aromatic N) is 3. The summed E-state index contributed by atoms with van der Waals surface area (Å²) in [6, 6.07) is 6.21. The van der Waals surface area contributed by atoms with Gasteiger partial charge in [0.2, 0.25) is 0 Å². The molecule has 2 aromatic heterocycles. The Balaban J connectivity index is 2.37. The van der Waals surface area contributed by atoms with E-state index in [1.807, 2.05) is 36.3 Å². The fraction of sp³-hybridized carbons (Fsp3) is 0.333. The Morgan fingerprint density at radius 3 is 2.88 bits per heavy atom. The summed E-state index contributed by atoms with van der Waals surface area (Å²) >= 11 is 0. The highest BCUT2D eigenvalue weighted by molar-refractivity contribution is 5.24. The second-order valence-electron chi connectivity index (χ2n) is 3.58. The quantitative estimate of drug-likeness (QED) is 0.844. The maximum absolute atomic E-state index is 4.29. The summed E-state index contributed by atoms with van der Waals surface area (Å²) in [6.45, 7) is 2.97. The number of aromatic nitrogens is 3. The predicted octanol–water partition coefficient (Wildman–Crippen LogP) is 1.61. The van der Waals surface area contributed by atoms with Crippen molar-refractivity contribution >= 4 is 0 Å². The highest BCUT2D eigenvalue weighted by Gasteiger charge is 2.15. The second kappa shape index (κ2) is 4.90. The van der Waals surface area contributed by atoms with Gasteiger partial charge in [0.1, 0.15) is 0 Å². The molecule has 0 saturated carbocycles.